The van der Waals surface area contributed by atoms with Crippen LogP contribution in [0.1, 0.15) is 78.1 Å². The molecule has 0 rings (SSSR count). The molecule has 0 N–H and O–H groups in total. The first-order valence-electron chi connectivity index (χ1n) is 8.52. The van der Waals surface area contributed by atoms with Crippen molar-refractivity contribution in [1.29, 1.82) is 0 Å². The van der Waals surface area contributed by atoms with Gasteiger partial charge in [0.1, 0.15) is 5.38 Å². The number of esters is 2. The summed E-state index contributed by atoms with van der Waals surface area (Å²) in [6.45, 7) is 4.18. The van der Waals surface area contributed by atoms with Gasteiger partial charge in [0, 0.05) is 6.92 Å². The van der Waals surface area contributed by atoms with Crippen LogP contribution in [0, 0.1) is 0 Å². The molecule has 0 amide bonds. The Hall–Kier alpha value is -0.770. The fourth-order valence-corrected chi connectivity index (χ4v) is 2.45. The van der Waals surface area contributed by atoms with E-state index in [4.69, 9.17) is 21.1 Å². The zero-order valence-electron chi connectivity index (χ0n) is 14.1. The molecular formula is C17H31ClO4. The zero-order valence-corrected chi connectivity index (χ0v) is 14.8. The van der Waals surface area contributed by atoms with Crippen molar-refractivity contribution in [3.05, 3.63) is 0 Å². The molecule has 0 aliphatic carbocycles. The summed E-state index contributed by atoms with van der Waals surface area (Å²) in [5.41, 5.74) is 0. The van der Waals surface area contributed by atoms with E-state index in [1.165, 1.54) is 39.0 Å². The van der Waals surface area contributed by atoms with E-state index in [2.05, 4.69) is 0 Å². The molecule has 0 aromatic heterocycles. The highest BCUT2D eigenvalue weighted by Crippen LogP contribution is 2.14. The summed E-state index contributed by atoms with van der Waals surface area (Å²) in [7, 11) is 0. The number of alkyl halides is 1. The predicted molar refractivity (Wildman–Crippen MR) is 89.1 cm³/mol. The normalized spacial score (nSPS) is 12.0. The summed E-state index contributed by atoms with van der Waals surface area (Å²) in [5.74, 6) is -0.486. The van der Waals surface area contributed by atoms with Crippen molar-refractivity contribution >= 4 is 23.5 Å². The minimum Gasteiger partial charge on any atom is -0.466 e. The van der Waals surface area contributed by atoms with Crippen LogP contribution in [-0.2, 0) is 19.1 Å². The van der Waals surface area contributed by atoms with Crippen molar-refractivity contribution in [2.75, 3.05) is 13.2 Å². The molecule has 0 heterocycles. The number of ether oxygens (including phenoxy) is 2. The number of rotatable bonds is 14. The van der Waals surface area contributed by atoms with Crippen molar-refractivity contribution in [3.63, 3.8) is 0 Å². The molecule has 1 unspecified atom stereocenters. The van der Waals surface area contributed by atoms with Crippen molar-refractivity contribution in [2.24, 2.45) is 0 Å². The molecule has 0 radical (unpaired) electrons. The van der Waals surface area contributed by atoms with Gasteiger partial charge < -0.3 is 9.47 Å². The Morgan fingerprint density at radius 2 is 1.36 bits per heavy atom. The van der Waals surface area contributed by atoms with Crippen LogP contribution in [-0.4, -0.2) is 30.5 Å². The van der Waals surface area contributed by atoms with Gasteiger partial charge in [-0.1, -0.05) is 51.4 Å². The first kappa shape index (κ1) is 21.2. The lowest BCUT2D eigenvalue weighted by Gasteiger charge is -2.08. The standard InChI is InChI=1S/C17H31ClO4/c1-3-21-17(20)16(18)13-11-9-7-5-4-6-8-10-12-14-22-15(2)19/h16H,3-14H2,1-2H3. The van der Waals surface area contributed by atoms with Crippen LogP contribution in [0.4, 0.5) is 0 Å². The summed E-state index contributed by atoms with van der Waals surface area (Å²) in [6.07, 6.45) is 11.0. The van der Waals surface area contributed by atoms with E-state index in [1.807, 2.05) is 0 Å². The third kappa shape index (κ3) is 14.2. The molecule has 0 aliphatic heterocycles. The minimum absolute atomic E-state index is 0.192. The van der Waals surface area contributed by atoms with Crippen molar-refractivity contribution in [2.45, 2.75) is 83.4 Å². The van der Waals surface area contributed by atoms with Crippen LogP contribution >= 0.6 is 11.6 Å². The van der Waals surface area contributed by atoms with Gasteiger partial charge in [-0.15, -0.1) is 11.6 Å². The number of carbonyl (C=O) groups excluding carboxylic acids is 2. The molecule has 0 bridgehead atoms. The first-order valence-corrected chi connectivity index (χ1v) is 8.95. The van der Waals surface area contributed by atoms with Gasteiger partial charge in [0.25, 0.3) is 0 Å². The second-order valence-electron chi connectivity index (χ2n) is 5.53. The van der Waals surface area contributed by atoms with Gasteiger partial charge in [0.05, 0.1) is 13.2 Å². The lowest BCUT2D eigenvalue weighted by Crippen LogP contribution is -2.17. The van der Waals surface area contributed by atoms with Crippen molar-refractivity contribution < 1.29 is 19.1 Å². The smallest absolute Gasteiger partial charge is 0.324 e. The molecule has 0 saturated heterocycles. The van der Waals surface area contributed by atoms with Gasteiger partial charge in [-0.3, -0.25) is 9.59 Å². The van der Waals surface area contributed by atoms with E-state index in [-0.39, 0.29) is 11.9 Å². The van der Waals surface area contributed by atoms with Gasteiger partial charge >= 0.3 is 11.9 Å². The van der Waals surface area contributed by atoms with Crippen LogP contribution in [0.2, 0.25) is 0 Å². The molecule has 1 atom stereocenters. The largest absolute Gasteiger partial charge is 0.466 e. The number of unbranched alkanes of at least 4 members (excludes halogenated alkanes) is 8. The molecule has 0 aromatic carbocycles. The Morgan fingerprint density at radius 3 is 1.86 bits per heavy atom. The van der Waals surface area contributed by atoms with Gasteiger partial charge in [-0.05, 0) is 19.8 Å². The molecule has 4 nitrogen and oxygen atoms in total. The topological polar surface area (TPSA) is 52.6 Å². The summed E-state index contributed by atoms with van der Waals surface area (Å²) in [4.78, 5) is 21.9. The van der Waals surface area contributed by atoms with Crippen LogP contribution in [0.15, 0.2) is 0 Å². The van der Waals surface area contributed by atoms with E-state index in [0.29, 0.717) is 19.6 Å². The third-order valence-corrected chi connectivity index (χ3v) is 3.85. The van der Waals surface area contributed by atoms with E-state index in [0.717, 1.165) is 25.7 Å². The third-order valence-electron chi connectivity index (χ3n) is 3.45. The number of halogens is 1. The second kappa shape index (κ2) is 15.1. The maximum atomic E-state index is 11.3. The second-order valence-corrected chi connectivity index (χ2v) is 6.06. The van der Waals surface area contributed by atoms with Crippen molar-refractivity contribution in [3.8, 4) is 0 Å². The van der Waals surface area contributed by atoms with Crippen LogP contribution < -0.4 is 0 Å². The number of carbonyl (C=O) groups is 2. The molecule has 130 valence electrons. The van der Waals surface area contributed by atoms with E-state index in [9.17, 15) is 9.59 Å². The summed E-state index contributed by atoms with van der Waals surface area (Å²) in [5, 5.41) is -0.489. The average molecular weight is 335 g/mol. The van der Waals surface area contributed by atoms with Gasteiger partial charge in [0.2, 0.25) is 0 Å². The van der Waals surface area contributed by atoms with Crippen LogP contribution in [0.5, 0.6) is 0 Å². The van der Waals surface area contributed by atoms with Crippen LogP contribution in [0.25, 0.3) is 0 Å². The molecular weight excluding hydrogens is 304 g/mol. The first-order chi connectivity index (χ1) is 10.6. The van der Waals surface area contributed by atoms with Gasteiger partial charge in [0.15, 0.2) is 0 Å². The Labute approximate surface area is 139 Å². The summed E-state index contributed by atoms with van der Waals surface area (Å²) in [6, 6.07) is 0. The van der Waals surface area contributed by atoms with E-state index in [1.54, 1.807) is 6.92 Å². The Kier molecular flexibility index (Phi) is 14.6. The quantitative estimate of drug-likeness (QED) is 0.264. The molecule has 0 spiro atoms. The highest BCUT2D eigenvalue weighted by Gasteiger charge is 2.15. The van der Waals surface area contributed by atoms with E-state index < -0.39 is 5.38 Å². The molecule has 22 heavy (non-hydrogen) atoms. The molecule has 0 fully saturated rings. The van der Waals surface area contributed by atoms with Gasteiger partial charge in [-0.2, -0.15) is 0 Å². The highest BCUT2D eigenvalue weighted by atomic mass is 35.5. The highest BCUT2D eigenvalue weighted by molar-refractivity contribution is 6.29. The fraction of sp³-hybridized carbons (Fsp3) is 0.882. The summed E-state index contributed by atoms with van der Waals surface area (Å²) >= 11 is 5.95. The SMILES string of the molecule is CCOC(=O)C(Cl)CCCCCCCCCCCOC(C)=O. The number of hydrogen-bond acceptors (Lipinski definition) is 4. The monoisotopic (exact) mass is 334 g/mol. The lowest BCUT2D eigenvalue weighted by atomic mass is 10.1. The summed E-state index contributed by atoms with van der Waals surface area (Å²) < 4.78 is 9.75. The maximum Gasteiger partial charge on any atom is 0.324 e. The Morgan fingerprint density at radius 1 is 0.864 bits per heavy atom. The minimum atomic E-state index is -0.489. The molecule has 5 heteroatoms. The zero-order chi connectivity index (χ0) is 16.6. The van der Waals surface area contributed by atoms with Gasteiger partial charge in [-0.25, -0.2) is 0 Å². The fourth-order valence-electron chi connectivity index (χ4n) is 2.23. The molecule has 0 aromatic rings. The lowest BCUT2D eigenvalue weighted by molar-refractivity contribution is -0.143. The van der Waals surface area contributed by atoms with Crippen LogP contribution in [0.3, 0.4) is 0 Å². The van der Waals surface area contributed by atoms with Crippen molar-refractivity contribution in [1.82, 2.24) is 0 Å². The molecule has 0 saturated carbocycles. The Bertz CT molecular complexity index is 294. The maximum absolute atomic E-state index is 11.3. The Balaban J connectivity index is 3.20. The molecule has 0 aliphatic rings. The predicted octanol–water partition coefficient (Wildman–Crippen LogP) is 4.62. The average Bonchev–Trinajstić information content (AvgIpc) is 2.48. The van der Waals surface area contributed by atoms with E-state index >= 15 is 0 Å². The number of hydrogen-bond donors (Lipinski definition) is 0.